The molecule has 1 unspecified atom stereocenters. The minimum absolute atomic E-state index is 0.0536. The van der Waals surface area contributed by atoms with Crippen LogP contribution in [0.5, 0.6) is 0 Å². The number of nitrogens with one attached hydrogen (secondary N) is 4. The maximum atomic E-state index is 14.4. The van der Waals surface area contributed by atoms with Gasteiger partial charge in [-0.15, -0.1) is 6.58 Å². The maximum absolute atomic E-state index is 14.4. The fraction of sp³-hybridized carbons (Fsp3) is 0.641. The molecule has 12 heteroatoms. The Morgan fingerprint density at radius 2 is 1.67 bits per heavy atom. The molecule has 280 valence electrons. The topological polar surface area (TPSA) is 163 Å². The van der Waals surface area contributed by atoms with E-state index in [2.05, 4.69) is 41.7 Å². The number of carbonyl (C=O) groups is 6. The molecule has 1 saturated heterocycles. The summed E-state index contributed by atoms with van der Waals surface area (Å²) in [5.74, 6) is -3.21. The zero-order valence-electron chi connectivity index (χ0n) is 31.1. The predicted molar refractivity (Wildman–Crippen MR) is 193 cm³/mol. The van der Waals surface area contributed by atoms with Crippen LogP contribution in [0.15, 0.2) is 43.0 Å². The van der Waals surface area contributed by atoms with Crippen molar-refractivity contribution in [1.29, 1.82) is 0 Å². The van der Waals surface area contributed by atoms with E-state index in [9.17, 15) is 28.8 Å². The van der Waals surface area contributed by atoms with Crippen molar-refractivity contribution < 1.29 is 33.5 Å². The zero-order valence-corrected chi connectivity index (χ0v) is 31.1. The lowest BCUT2D eigenvalue weighted by Gasteiger charge is -2.38. The van der Waals surface area contributed by atoms with Gasteiger partial charge >= 0.3 is 12.0 Å². The molecule has 0 aromatic heterocycles. The highest BCUT2D eigenvalue weighted by molar-refractivity contribution is 6.38. The minimum Gasteiger partial charge on any atom is -0.459 e. The molecule has 0 bridgehead atoms. The molecule has 4 rings (SSSR count). The molecule has 51 heavy (non-hydrogen) atoms. The third-order valence-electron chi connectivity index (χ3n) is 10.9. The largest absolute Gasteiger partial charge is 0.459 e. The Morgan fingerprint density at radius 3 is 2.27 bits per heavy atom. The van der Waals surface area contributed by atoms with Gasteiger partial charge in [0, 0.05) is 13.1 Å². The number of piperidine rings is 1. The molecule has 2 saturated carbocycles. The van der Waals surface area contributed by atoms with E-state index in [4.69, 9.17) is 4.74 Å². The number of ether oxygens (including phenoxy) is 1. The molecule has 2 aliphatic carbocycles. The van der Waals surface area contributed by atoms with Gasteiger partial charge in [0.2, 0.25) is 17.6 Å². The van der Waals surface area contributed by atoms with Gasteiger partial charge in [0.1, 0.15) is 24.7 Å². The number of benzene rings is 1. The number of fused-ring (bicyclic) bond motifs is 1. The molecule has 0 spiro atoms. The zero-order chi connectivity index (χ0) is 37.5. The first-order valence-electron chi connectivity index (χ1n) is 18.4. The van der Waals surface area contributed by atoms with Gasteiger partial charge in [-0.25, -0.2) is 9.59 Å². The van der Waals surface area contributed by atoms with E-state index in [1.165, 1.54) is 11.0 Å². The number of esters is 1. The van der Waals surface area contributed by atoms with E-state index in [1.54, 1.807) is 0 Å². The Kier molecular flexibility index (Phi) is 13.1. The summed E-state index contributed by atoms with van der Waals surface area (Å²) in [7, 11) is 0. The van der Waals surface area contributed by atoms with Crippen molar-refractivity contribution in [3.8, 4) is 0 Å². The van der Waals surface area contributed by atoms with Crippen molar-refractivity contribution in [2.24, 2.45) is 28.6 Å². The number of rotatable bonds is 15. The van der Waals surface area contributed by atoms with Crippen LogP contribution in [0.3, 0.4) is 0 Å². The van der Waals surface area contributed by atoms with Gasteiger partial charge in [-0.2, -0.15) is 0 Å². The molecule has 12 nitrogen and oxygen atoms in total. The summed E-state index contributed by atoms with van der Waals surface area (Å²) in [4.78, 5) is 82.6. The van der Waals surface area contributed by atoms with Crippen LogP contribution in [0.1, 0.15) is 92.1 Å². The average Bonchev–Trinajstić information content (AvgIpc) is 3.39. The van der Waals surface area contributed by atoms with E-state index in [0.717, 1.165) is 37.7 Å². The molecule has 1 aromatic carbocycles. The van der Waals surface area contributed by atoms with Crippen molar-refractivity contribution in [3.63, 3.8) is 0 Å². The number of carbonyl (C=O) groups excluding carboxylic acids is 6. The first-order valence-corrected chi connectivity index (χ1v) is 18.4. The summed E-state index contributed by atoms with van der Waals surface area (Å²) in [6, 6.07) is 4.80. The van der Waals surface area contributed by atoms with Crippen molar-refractivity contribution in [3.05, 3.63) is 48.6 Å². The molecule has 1 heterocycles. The monoisotopic (exact) mass is 707 g/mol. The lowest BCUT2D eigenvalue weighted by molar-refractivity contribution is -0.149. The molecule has 6 atom stereocenters. The van der Waals surface area contributed by atoms with E-state index in [1.807, 2.05) is 58.0 Å². The normalized spacial score (nSPS) is 22.7. The highest BCUT2D eigenvalue weighted by Gasteiger charge is 2.70. The molecular weight excluding hydrogens is 650 g/mol. The highest BCUT2D eigenvalue weighted by Crippen LogP contribution is 2.65. The highest BCUT2D eigenvalue weighted by atomic mass is 16.5. The molecule has 1 aliphatic heterocycles. The fourth-order valence-electron chi connectivity index (χ4n) is 7.82. The number of nitrogens with zero attached hydrogens (tertiary/aromatic N) is 1. The summed E-state index contributed by atoms with van der Waals surface area (Å²) in [6.45, 7) is 15.5. The second-order valence-corrected chi connectivity index (χ2v) is 16.0. The van der Waals surface area contributed by atoms with Crippen molar-refractivity contribution in [1.82, 2.24) is 26.2 Å². The van der Waals surface area contributed by atoms with Gasteiger partial charge in [0.25, 0.3) is 5.91 Å². The van der Waals surface area contributed by atoms with Gasteiger partial charge in [-0.1, -0.05) is 104 Å². The van der Waals surface area contributed by atoms with Crippen molar-refractivity contribution in [2.45, 2.75) is 117 Å². The van der Waals surface area contributed by atoms with Crippen LogP contribution < -0.4 is 21.3 Å². The van der Waals surface area contributed by atoms with Crippen molar-refractivity contribution in [2.75, 3.05) is 13.1 Å². The van der Waals surface area contributed by atoms with Crippen LogP contribution in [-0.4, -0.2) is 77.7 Å². The van der Waals surface area contributed by atoms with Gasteiger partial charge < -0.3 is 30.9 Å². The third kappa shape index (κ3) is 9.56. The second-order valence-electron chi connectivity index (χ2n) is 16.0. The van der Waals surface area contributed by atoms with Crippen LogP contribution in [0.25, 0.3) is 0 Å². The Labute approximate surface area is 302 Å². The quantitative estimate of drug-likeness (QED) is 0.122. The predicted octanol–water partition coefficient (Wildman–Crippen LogP) is 4.03. The van der Waals surface area contributed by atoms with Crippen LogP contribution in [0, 0.1) is 28.6 Å². The standard InChI is InChI=1S/C39H57N5O7/c1-8-16-27(31(45)34(47)40-21-9-2)41-33(46)30-28-26(39(28,6)7)22-44(30)35(48)32(38(3,4)5)43-37(50)42-29(25-19-14-11-15-20-25)36(49)51-23-24-17-12-10-13-18-24/h9-10,12-13,17-18,25-30,32H,2,8,11,14-16,19-23H2,1,3-7H3,(H,40,47)(H,41,46)(H2,42,43,50)/t26-,27?,28-,29-,30-,32+/m0/s1. The maximum Gasteiger partial charge on any atom is 0.329 e. The summed E-state index contributed by atoms with van der Waals surface area (Å²) in [5.41, 5.74) is -0.141. The second kappa shape index (κ2) is 16.9. The molecule has 4 N–H and O–H groups in total. The van der Waals surface area contributed by atoms with E-state index in [-0.39, 0.29) is 42.7 Å². The first kappa shape index (κ1) is 39.6. The SMILES string of the molecule is C=CCNC(=O)C(=O)C(CCC)NC(=O)[C@@H]1[C@@H]2[C@H](CN1C(=O)[C@@H](NC(=O)N[C@H](C(=O)OCc1ccccc1)C1CCCCC1)C(C)(C)C)C2(C)C. The smallest absolute Gasteiger partial charge is 0.329 e. The van der Waals surface area contributed by atoms with E-state index < -0.39 is 65.1 Å². The number of Topliss-reactive ketones (excluding diaryl/α,β-unsaturated/α-hetero) is 1. The van der Waals surface area contributed by atoms with Crippen molar-refractivity contribution >= 4 is 35.5 Å². The molecule has 3 fully saturated rings. The summed E-state index contributed by atoms with van der Waals surface area (Å²) >= 11 is 0. The number of urea groups is 1. The number of likely N-dealkylation sites (tertiary alicyclic amines) is 1. The molecule has 5 amide bonds. The van der Waals surface area contributed by atoms with Crippen LogP contribution in [0.2, 0.25) is 0 Å². The molecule has 3 aliphatic rings. The van der Waals surface area contributed by atoms with Gasteiger partial charge in [0.05, 0.1) is 6.04 Å². The number of hydrogen-bond acceptors (Lipinski definition) is 7. The first-order chi connectivity index (χ1) is 24.1. The van der Waals surface area contributed by atoms with E-state index >= 15 is 0 Å². The fourth-order valence-corrected chi connectivity index (χ4v) is 7.82. The Bertz CT molecular complexity index is 1450. The Hall–Kier alpha value is -4.22. The van der Waals surface area contributed by atoms with Crippen LogP contribution >= 0.6 is 0 Å². The van der Waals surface area contributed by atoms with Gasteiger partial charge in [0.15, 0.2) is 0 Å². The van der Waals surface area contributed by atoms with Gasteiger partial charge in [-0.3, -0.25) is 19.2 Å². The molecule has 0 radical (unpaired) electrons. The van der Waals surface area contributed by atoms with E-state index in [0.29, 0.717) is 13.0 Å². The van der Waals surface area contributed by atoms with Crippen LogP contribution in [-0.2, 0) is 35.3 Å². The lowest BCUT2D eigenvalue weighted by Crippen LogP contribution is -2.62. The number of ketones is 1. The number of hydrogen-bond donors (Lipinski definition) is 4. The number of amides is 5. The third-order valence-corrected chi connectivity index (χ3v) is 10.9. The minimum atomic E-state index is -1.05. The van der Waals surface area contributed by atoms with Crippen LogP contribution in [0.4, 0.5) is 4.79 Å². The lowest BCUT2D eigenvalue weighted by atomic mass is 9.83. The van der Waals surface area contributed by atoms with Gasteiger partial charge in [-0.05, 0) is 53.4 Å². The summed E-state index contributed by atoms with van der Waals surface area (Å²) in [5, 5.41) is 11.0. The Balaban J connectivity index is 1.51. The Morgan fingerprint density at radius 1 is 1.00 bits per heavy atom. The molecule has 1 aromatic rings. The summed E-state index contributed by atoms with van der Waals surface area (Å²) < 4.78 is 5.67. The summed E-state index contributed by atoms with van der Waals surface area (Å²) in [6.07, 6.45) is 6.76. The average molecular weight is 708 g/mol. The molecular formula is C39H57N5O7.